The molecule has 2 rings (SSSR count). The summed E-state index contributed by atoms with van der Waals surface area (Å²) in [4.78, 5) is 18.1. The molecule has 2 aromatic rings. The van der Waals surface area contributed by atoms with Gasteiger partial charge in [-0.1, -0.05) is 55.8 Å². The van der Waals surface area contributed by atoms with Crippen molar-refractivity contribution in [2.24, 2.45) is 0 Å². The first-order valence-electron chi connectivity index (χ1n) is 9.94. The van der Waals surface area contributed by atoms with Crippen molar-refractivity contribution in [3.8, 4) is 0 Å². The lowest BCUT2D eigenvalue weighted by atomic mass is 10.1. The molecular weight excluding hydrogens is 426 g/mol. The van der Waals surface area contributed by atoms with Crippen LogP contribution in [0.5, 0.6) is 0 Å². The van der Waals surface area contributed by atoms with Gasteiger partial charge in [0.2, 0.25) is 5.30 Å². The zero-order valence-electron chi connectivity index (χ0n) is 17.7. The summed E-state index contributed by atoms with van der Waals surface area (Å²) >= 11 is 0. The topological polar surface area (TPSA) is 91.3 Å². The highest BCUT2D eigenvalue weighted by molar-refractivity contribution is 7.52. The minimum Gasteiger partial charge on any atom is -0.255 e. The van der Waals surface area contributed by atoms with Crippen LogP contribution in [0.4, 0.5) is 0 Å². The smallest absolute Gasteiger partial charge is 0.255 e. The molecule has 0 aliphatic rings. The van der Waals surface area contributed by atoms with Gasteiger partial charge in [-0.15, -0.1) is 9.35 Å². The second-order valence-corrected chi connectivity index (χ2v) is 9.16. The van der Waals surface area contributed by atoms with E-state index in [1.165, 1.54) is 18.4 Å². The van der Waals surface area contributed by atoms with E-state index in [0.717, 1.165) is 12.0 Å². The standard InChI is InChI=1S/C15H25O5P.C6H5O2P/c1-4-7-8-14-9-11-15(12-10-14)13-21(16,19-17-5-2)20-18-6-3;7-9(8)6-4-2-1-3-5-6/h9-12H,4-8,13H2,1-3H3;1-5H/p+1. The molecule has 0 radical (unpaired) electrons. The van der Waals surface area contributed by atoms with Crippen molar-refractivity contribution in [2.45, 2.75) is 46.2 Å². The van der Waals surface area contributed by atoms with Crippen LogP contribution >= 0.6 is 15.6 Å². The molecule has 0 fully saturated rings. The van der Waals surface area contributed by atoms with Crippen molar-refractivity contribution in [2.75, 3.05) is 13.2 Å². The minimum absolute atomic E-state index is 0.112. The summed E-state index contributed by atoms with van der Waals surface area (Å²) in [5.41, 5.74) is 2.13. The summed E-state index contributed by atoms with van der Waals surface area (Å²) in [7, 11) is -5.60. The van der Waals surface area contributed by atoms with Gasteiger partial charge >= 0.3 is 15.6 Å². The van der Waals surface area contributed by atoms with Gasteiger partial charge in [-0.2, -0.15) is 4.89 Å². The molecule has 166 valence electrons. The summed E-state index contributed by atoms with van der Waals surface area (Å²) < 4.78 is 32.6. The van der Waals surface area contributed by atoms with Crippen molar-refractivity contribution in [1.29, 1.82) is 0 Å². The van der Waals surface area contributed by atoms with Crippen LogP contribution in [0.15, 0.2) is 54.6 Å². The predicted octanol–water partition coefficient (Wildman–Crippen LogP) is 5.71. The summed E-state index contributed by atoms with van der Waals surface area (Å²) in [6, 6.07) is 16.5. The molecule has 0 aromatic heterocycles. The fourth-order valence-electron chi connectivity index (χ4n) is 2.30. The third kappa shape index (κ3) is 11.1. The van der Waals surface area contributed by atoms with E-state index in [-0.39, 0.29) is 19.4 Å². The maximum Gasteiger partial charge on any atom is 0.546 e. The lowest BCUT2D eigenvalue weighted by Crippen LogP contribution is -2.01. The highest BCUT2D eigenvalue weighted by atomic mass is 31.2. The van der Waals surface area contributed by atoms with E-state index < -0.39 is 15.6 Å². The number of hydrogen-bond acceptors (Lipinski definition) is 6. The Morgan fingerprint density at radius 2 is 1.40 bits per heavy atom. The van der Waals surface area contributed by atoms with E-state index in [2.05, 4.69) is 6.92 Å². The Balaban J connectivity index is 0.000000414. The largest absolute Gasteiger partial charge is 0.546 e. The van der Waals surface area contributed by atoms with Crippen LogP contribution in [0.25, 0.3) is 0 Å². The Morgan fingerprint density at radius 3 is 1.83 bits per heavy atom. The number of hydrogen-bond donors (Lipinski definition) is 1. The zero-order valence-corrected chi connectivity index (χ0v) is 19.5. The van der Waals surface area contributed by atoms with Crippen LogP contribution in [0.3, 0.4) is 0 Å². The van der Waals surface area contributed by atoms with E-state index >= 15 is 0 Å². The molecule has 0 aliphatic heterocycles. The average molecular weight is 457 g/mol. The monoisotopic (exact) mass is 457 g/mol. The summed E-state index contributed by atoms with van der Waals surface area (Å²) in [6.45, 7) is 6.23. The average Bonchev–Trinajstić information content (AvgIpc) is 2.77. The fraction of sp³-hybridized carbons (Fsp3) is 0.429. The highest BCUT2D eigenvalue weighted by Gasteiger charge is 2.28. The second-order valence-electron chi connectivity index (χ2n) is 6.26. The van der Waals surface area contributed by atoms with Gasteiger partial charge in [0.25, 0.3) is 0 Å². The first-order chi connectivity index (χ1) is 14.4. The first kappa shape index (κ1) is 26.6. The molecule has 7 nitrogen and oxygen atoms in total. The fourth-order valence-corrected chi connectivity index (χ4v) is 4.05. The lowest BCUT2D eigenvalue weighted by Gasteiger charge is -2.15. The zero-order chi connectivity index (χ0) is 22.2. The Morgan fingerprint density at radius 1 is 0.867 bits per heavy atom. The van der Waals surface area contributed by atoms with Crippen LogP contribution in [0.2, 0.25) is 0 Å². The molecule has 2 aromatic carbocycles. The van der Waals surface area contributed by atoms with E-state index in [1.54, 1.807) is 38.1 Å². The van der Waals surface area contributed by atoms with Crippen LogP contribution in [0.1, 0.15) is 44.7 Å². The minimum atomic E-state index is -3.46. The normalized spacial score (nSPS) is 11.5. The third-order valence-corrected chi connectivity index (χ3v) is 5.92. The van der Waals surface area contributed by atoms with Crippen molar-refractivity contribution in [3.05, 3.63) is 65.7 Å². The summed E-state index contributed by atoms with van der Waals surface area (Å²) in [6.07, 6.45) is 3.50. The maximum absolute atomic E-state index is 12.5. The molecule has 0 saturated carbocycles. The molecule has 1 unspecified atom stereocenters. The van der Waals surface area contributed by atoms with Crippen molar-refractivity contribution >= 4 is 20.9 Å². The van der Waals surface area contributed by atoms with Gasteiger partial charge in [-0.05, 0) is 54.5 Å². The van der Waals surface area contributed by atoms with Crippen LogP contribution in [0, 0.1) is 0 Å². The predicted molar refractivity (Wildman–Crippen MR) is 118 cm³/mol. The Kier molecular flexibility index (Phi) is 13.6. The molecular formula is C21H31O7P2+. The van der Waals surface area contributed by atoms with Crippen LogP contribution in [-0.2, 0) is 40.8 Å². The van der Waals surface area contributed by atoms with E-state index in [4.69, 9.17) is 24.0 Å². The van der Waals surface area contributed by atoms with Gasteiger partial charge in [-0.3, -0.25) is 4.57 Å². The molecule has 0 heterocycles. The van der Waals surface area contributed by atoms with E-state index in [9.17, 15) is 9.13 Å². The quantitative estimate of drug-likeness (QED) is 0.248. The number of rotatable bonds is 12. The molecule has 0 spiro atoms. The molecule has 30 heavy (non-hydrogen) atoms. The third-order valence-electron chi connectivity index (χ3n) is 3.76. The Hall–Kier alpha value is -1.43. The maximum atomic E-state index is 12.5. The molecule has 0 aliphatic carbocycles. The van der Waals surface area contributed by atoms with Crippen LogP contribution in [-0.4, -0.2) is 18.1 Å². The lowest BCUT2D eigenvalue weighted by molar-refractivity contribution is -0.263. The van der Waals surface area contributed by atoms with Crippen molar-refractivity contribution < 1.29 is 33.1 Å². The highest BCUT2D eigenvalue weighted by Crippen LogP contribution is 2.51. The van der Waals surface area contributed by atoms with Gasteiger partial charge in [0.05, 0.1) is 19.4 Å². The van der Waals surface area contributed by atoms with Crippen LogP contribution < -0.4 is 5.30 Å². The van der Waals surface area contributed by atoms with Gasteiger partial charge < -0.3 is 0 Å². The van der Waals surface area contributed by atoms with Gasteiger partial charge in [-0.25, -0.2) is 9.78 Å². The van der Waals surface area contributed by atoms with Gasteiger partial charge in [0.15, 0.2) is 0 Å². The van der Waals surface area contributed by atoms with Crippen molar-refractivity contribution in [1.82, 2.24) is 0 Å². The molecule has 0 bridgehead atoms. The van der Waals surface area contributed by atoms with E-state index in [1.807, 2.05) is 30.3 Å². The second kappa shape index (κ2) is 15.4. The first-order valence-corrected chi connectivity index (χ1v) is 12.9. The molecule has 0 amide bonds. The molecule has 0 saturated heterocycles. The summed E-state index contributed by atoms with van der Waals surface area (Å²) in [5, 5.41) is 0.479. The van der Waals surface area contributed by atoms with E-state index in [0.29, 0.717) is 5.30 Å². The number of benzene rings is 2. The Bertz CT molecular complexity index is 755. The molecule has 1 N–H and O–H groups in total. The van der Waals surface area contributed by atoms with Gasteiger partial charge in [0, 0.05) is 0 Å². The Labute approximate surface area is 179 Å². The number of unbranched alkanes of at least 4 members (excludes halogenated alkanes) is 1. The van der Waals surface area contributed by atoms with Gasteiger partial charge in [0.1, 0.15) is 0 Å². The SMILES string of the molecule is CCCCc1ccc(CP(=O)(OOCC)OOCC)cc1.O=[P+](O)c1ccccc1. The molecule has 9 heteroatoms. The summed E-state index contributed by atoms with van der Waals surface area (Å²) in [5.74, 6) is 0. The number of aryl methyl sites for hydroxylation is 1. The van der Waals surface area contributed by atoms with Crippen molar-refractivity contribution in [3.63, 3.8) is 0 Å². The molecule has 1 atom stereocenters.